The van der Waals surface area contributed by atoms with Gasteiger partial charge in [0.25, 0.3) is 0 Å². The molecule has 1 aromatic carbocycles. The summed E-state index contributed by atoms with van der Waals surface area (Å²) in [6, 6.07) is 8.46. The van der Waals surface area contributed by atoms with Crippen molar-refractivity contribution < 1.29 is 10.0 Å². The van der Waals surface area contributed by atoms with Crippen LogP contribution in [0.15, 0.2) is 24.3 Å². The molecular formula is C10H13BN2O2. The van der Waals surface area contributed by atoms with Crippen LogP contribution in [-0.2, 0) is 0 Å². The highest BCUT2D eigenvalue weighted by molar-refractivity contribution is 6.59. The van der Waals surface area contributed by atoms with E-state index in [1.54, 1.807) is 43.3 Å². The van der Waals surface area contributed by atoms with E-state index in [9.17, 15) is 0 Å². The standard InChI is InChI=1S/C10H13BN2O2/c1-13(2)10(7-12)8-5-3-4-6-9(8)11(14)15/h3-6,10,14-15H,1-2H3/t10-/m1/s1. The highest BCUT2D eigenvalue weighted by atomic mass is 16.4. The SMILES string of the molecule is CN(C)[C@H](C#N)c1ccccc1B(O)O. The molecule has 0 spiro atoms. The summed E-state index contributed by atoms with van der Waals surface area (Å²) in [5.41, 5.74) is 0.998. The van der Waals surface area contributed by atoms with Gasteiger partial charge in [0, 0.05) is 0 Å². The van der Waals surface area contributed by atoms with E-state index in [4.69, 9.17) is 15.3 Å². The highest BCUT2D eigenvalue weighted by Gasteiger charge is 2.22. The minimum Gasteiger partial charge on any atom is -0.423 e. The Balaban J connectivity index is 3.18. The summed E-state index contributed by atoms with van der Waals surface area (Å²) in [5, 5.41) is 27.3. The maximum absolute atomic E-state index is 9.16. The Morgan fingerprint density at radius 2 is 1.93 bits per heavy atom. The zero-order chi connectivity index (χ0) is 11.4. The lowest BCUT2D eigenvalue weighted by Gasteiger charge is -2.20. The van der Waals surface area contributed by atoms with Crippen molar-refractivity contribution in [2.45, 2.75) is 6.04 Å². The van der Waals surface area contributed by atoms with Crippen molar-refractivity contribution in [2.75, 3.05) is 14.1 Å². The molecule has 0 heterocycles. The van der Waals surface area contributed by atoms with Gasteiger partial charge >= 0.3 is 7.12 Å². The van der Waals surface area contributed by atoms with Gasteiger partial charge in [0.2, 0.25) is 0 Å². The smallest absolute Gasteiger partial charge is 0.423 e. The van der Waals surface area contributed by atoms with Crippen molar-refractivity contribution in [3.05, 3.63) is 29.8 Å². The lowest BCUT2D eigenvalue weighted by atomic mass is 9.75. The van der Waals surface area contributed by atoms with Gasteiger partial charge < -0.3 is 10.0 Å². The number of benzene rings is 1. The van der Waals surface area contributed by atoms with E-state index in [0.29, 0.717) is 11.0 Å². The summed E-state index contributed by atoms with van der Waals surface area (Å²) >= 11 is 0. The fourth-order valence-electron chi connectivity index (χ4n) is 1.46. The predicted octanol–water partition coefficient (Wildman–Crippen LogP) is -0.507. The average molecular weight is 204 g/mol. The Bertz CT molecular complexity index is 374. The minimum atomic E-state index is -1.54. The molecular weight excluding hydrogens is 191 g/mol. The fraction of sp³-hybridized carbons (Fsp3) is 0.300. The molecule has 0 amide bonds. The Hall–Kier alpha value is -1.35. The van der Waals surface area contributed by atoms with E-state index in [-0.39, 0.29) is 0 Å². The maximum atomic E-state index is 9.16. The van der Waals surface area contributed by atoms with Crippen LogP contribution in [-0.4, -0.2) is 36.2 Å². The Labute approximate surface area is 89.5 Å². The van der Waals surface area contributed by atoms with E-state index < -0.39 is 13.2 Å². The zero-order valence-corrected chi connectivity index (χ0v) is 8.75. The molecule has 0 fully saturated rings. The van der Waals surface area contributed by atoms with Crippen LogP contribution in [0.1, 0.15) is 11.6 Å². The van der Waals surface area contributed by atoms with Crippen molar-refractivity contribution >= 4 is 12.6 Å². The molecule has 2 N–H and O–H groups in total. The van der Waals surface area contributed by atoms with E-state index in [1.807, 2.05) is 0 Å². The van der Waals surface area contributed by atoms with E-state index in [2.05, 4.69) is 6.07 Å². The first-order valence-corrected chi connectivity index (χ1v) is 4.59. The number of hydrogen-bond donors (Lipinski definition) is 2. The second-order valence-corrected chi connectivity index (χ2v) is 3.50. The first-order chi connectivity index (χ1) is 7.07. The molecule has 0 saturated heterocycles. The van der Waals surface area contributed by atoms with Crippen molar-refractivity contribution in [3.63, 3.8) is 0 Å². The van der Waals surface area contributed by atoms with Gasteiger partial charge in [-0.3, -0.25) is 4.90 Å². The van der Waals surface area contributed by atoms with Crippen molar-refractivity contribution in [1.82, 2.24) is 4.90 Å². The first-order valence-electron chi connectivity index (χ1n) is 4.59. The molecule has 0 saturated carbocycles. The summed E-state index contributed by atoms with van der Waals surface area (Å²) in [6.45, 7) is 0. The Morgan fingerprint density at radius 1 is 1.33 bits per heavy atom. The van der Waals surface area contributed by atoms with Crippen LogP contribution in [0.3, 0.4) is 0 Å². The third-order valence-electron chi connectivity index (χ3n) is 2.21. The number of nitrogens with zero attached hydrogens (tertiary/aromatic N) is 2. The minimum absolute atomic E-state index is 0.373. The third kappa shape index (κ3) is 2.57. The molecule has 1 atom stereocenters. The van der Waals surface area contributed by atoms with Crippen LogP contribution >= 0.6 is 0 Å². The Kier molecular flexibility index (Phi) is 3.86. The van der Waals surface area contributed by atoms with Gasteiger partial charge in [0.15, 0.2) is 0 Å². The summed E-state index contributed by atoms with van der Waals surface area (Å²) in [5.74, 6) is 0. The number of rotatable bonds is 3. The third-order valence-corrected chi connectivity index (χ3v) is 2.21. The lowest BCUT2D eigenvalue weighted by molar-refractivity contribution is 0.358. The molecule has 0 aliphatic rings. The van der Waals surface area contributed by atoms with Crippen LogP contribution in [0.2, 0.25) is 0 Å². The van der Waals surface area contributed by atoms with Crippen LogP contribution < -0.4 is 5.46 Å². The van der Waals surface area contributed by atoms with E-state index in [1.165, 1.54) is 0 Å². The first kappa shape index (κ1) is 11.7. The van der Waals surface area contributed by atoms with Crippen molar-refractivity contribution in [1.29, 1.82) is 5.26 Å². The van der Waals surface area contributed by atoms with Crippen LogP contribution in [0.5, 0.6) is 0 Å². The molecule has 15 heavy (non-hydrogen) atoms. The molecule has 0 bridgehead atoms. The summed E-state index contributed by atoms with van der Waals surface area (Å²) in [6.07, 6.45) is 0. The zero-order valence-electron chi connectivity index (χ0n) is 8.75. The van der Waals surface area contributed by atoms with Gasteiger partial charge in [-0.25, -0.2) is 0 Å². The molecule has 0 aliphatic heterocycles. The van der Waals surface area contributed by atoms with Crippen molar-refractivity contribution in [2.24, 2.45) is 0 Å². The van der Waals surface area contributed by atoms with Crippen LogP contribution in [0, 0.1) is 11.3 Å². The van der Waals surface area contributed by atoms with Gasteiger partial charge in [-0.15, -0.1) is 0 Å². The quantitative estimate of drug-likeness (QED) is 0.651. The van der Waals surface area contributed by atoms with Crippen LogP contribution in [0.4, 0.5) is 0 Å². The largest absolute Gasteiger partial charge is 0.488 e. The molecule has 0 aromatic heterocycles. The highest BCUT2D eigenvalue weighted by Crippen LogP contribution is 2.14. The monoisotopic (exact) mass is 204 g/mol. The van der Waals surface area contributed by atoms with Crippen LogP contribution in [0.25, 0.3) is 0 Å². The molecule has 0 radical (unpaired) electrons. The molecule has 5 heteroatoms. The summed E-state index contributed by atoms with van der Waals surface area (Å²) in [4.78, 5) is 1.72. The fourth-order valence-corrected chi connectivity index (χ4v) is 1.46. The second kappa shape index (κ2) is 4.94. The van der Waals surface area contributed by atoms with E-state index in [0.717, 1.165) is 0 Å². The van der Waals surface area contributed by atoms with Gasteiger partial charge in [0.1, 0.15) is 6.04 Å². The summed E-state index contributed by atoms with van der Waals surface area (Å²) in [7, 11) is 2.00. The van der Waals surface area contributed by atoms with Gasteiger partial charge in [-0.2, -0.15) is 5.26 Å². The Morgan fingerprint density at radius 3 is 2.40 bits per heavy atom. The maximum Gasteiger partial charge on any atom is 0.488 e. The molecule has 1 aromatic rings. The van der Waals surface area contributed by atoms with Crippen molar-refractivity contribution in [3.8, 4) is 6.07 Å². The second-order valence-electron chi connectivity index (χ2n) is 3.50. The molecule has 0 unspecified atom stereocenters. The molecule has 4 nitrogen and oxygen atoms in total. The average Bonchev–Trinajstić information content (AvgIpc) is 2.18. The van der Waals surface area contributed by atoms with Gasteiger partial charge in [-0.1, -0.05) is 24.3 Å². The molecule has 1 rings (SSSR count). The van der Waals surface area contributed by atoms with Gasteiger partial charge in [0.05, 0.1) is 6.07 Å². The van der Waals surface area contributed by atoms with Gasteiger partial charge in [-0.05, 0) is 25.1 Å². The molecule has 78 valence electrons. The lowest BCUT2D eigenvalue weighted by Crippen LogP contribution is -2.36. The normalized spacial score (nSPS) is 12.3. The molecule has 0 aliphatic carbocycles. The number of nitriles is 1. The topological polar surface area (TPSA) is 67.5 Å². The van der Waals surface area contributed by atoms with E-state index >= 15 is 0 Å². The summed E-state index contributed by atoms with van der Waals surface area (Å²) < 4.78 is 0. The number of hydrogen-bond acceptors (Lipinski definition) is 4. The predicted molar refractivity (Wildman–Crippen MR) is 58.3 cm³/mol.